The molecular formula is C22H40N6O2. The predicted molar refractivity (Wildman–Crippen MR) is 121 cm³/mol. The van der Waals surface area contributed by atoms with E-state index in [-0.39, 0.29) is 0 Å². The van der Waals surface area contributed by atoms with Gasteiger partial charge in [-0.15, -0.1) is 0 Å². The lowest BCUT2D eigenvalue weighted by atomic mass is 10.0. The maximum absolute atomic E-state index is 5.33. The van der Waals surface area contributed by atoms with Gasteiger partial charge in [0.15, 0.2) is 0 Å². The summed E-state index contributed by atoms with van der Waals surface area (Å²) >= 11 is 0. The van der Waals surface area contributed by atoms with E-state index in [9.17, 15) is 0 Å². The Morgan fingerprint density at radius 3 is 1.73 bits per heavy atom. The van der Waals surface area contributed by atoms with Crippen molar-refractivity contribution in [3.05, 3.63) is 0 Å². The van der Waals surface area contributed by atoms with E-state index in [1.807, 2.05) is 7.05 Å². The highest BCUT2D eigenvalue weighted by Gasteiger charge is 2.24. The molecule has 0 spiro atoms. The van der Waals surface area contributed by atoms with Crippen molar-refractivity contribution in [1.82, 2.24) is 15.0 Å². The van der Waals surface area contributed by atoms with Crippen LogP contribution in [0, 0.1) is 11.8 Å². The van der Waals surface area contributed by atoms with Crippen molar-refractivity contribution in [2.24, 2.45) is 11.8 Å². The monoisotopic (exact) mass is 420 g/mol. The van der Waals surface area contributed by atoms with Gasteiger partial charge in [-0.25, -0.2) is 0 Å². The van der Waals surface area contributed by atoms with Crippen LogP contribution in [-0.2, 0) is 9.47 Å². The summed E-state index contributed by atoms with van der Waals surface area (Å²) in [5.74, 6) is 3.53. The average molecular weight is 421 g/mol. The van der Waals surface area contributed by atoms with Crippen LogP contribution >= 0.6 is 0 Å². The van der Waals surface area contributed by atoms with Gasteiger partial charge in [0.2, 0.25) is 17.8 Å². The molecule has 2 unspecified atom stereocenters. The second-order valence-electron chi connectivity index (χ2n) is 8.69. The van der Waals surface area contributed by atoms with E-state index in [0.29, 0.717) is 17.8 Å². The molecule has 1 aromatic heterocycles. The van der Waals surface area contributed by atoms with Crippen molar-refractivity contribution < 1.29 is 9.47 Å². The molecule has 2 aliphatic heterocycles. The summed E-state index contributed by atoms with van der Waals surface area (Å²) < 4.78 is 10.7. The highest BCUT2D eigenvalue weighted by atomic mass is 16.5. The van der Waals surface area contributed by atoms with Crippen molar-refractivity contribution in [3.8, 4) is 0 Å². The van der Waals surface area contributed by atoms with E-state index in [0.717, 1.165) is 64.1 Å². The Morgan fingerprint density at radius 1 is 0.800 bits per heavy atom. The van der Waals surface area contributed by atoms with Gasteiger partial charge < -0.3 is 24.6 Å². The maximum Gasteiger partial charge on any atom is 0.231 e. The first-order valence-corrected chi connectivity index (χ1v) is 11.6. The fourth-order valence-corrected chi connectivity index (χ4v) is 4.61. The topological polar surface area (TPSA) is 75.6 Å². The third kappa shape index (κ3) is 6.67. The van der Waals surface area contributed by atoms with E-state index in [1.165, 1.54) is 38.5 Å². The molecule has 2 aliphatic rings. The Kier molecular flexibility index (Phi) is 9.39. The molecule has 170 valence electrons. The number of anilines is 3. The summed E-state index contributed by atoms with van der Waals surface area (Å²) in [4.78, 5) is 19.2. The molecule has 0 saturated carbocycles. The summed E-state index contributed by atoms with van der Waals surface area (Å²) in [6, 6.07) is 0. The highest BCUT2D eigenvalue weighted by Crippen LogP contribution is 2.27. The van der Waals surface area contributed by atoms with Gasteiger partial charge in [-0.3, -0.25) is 0 Å². The molecule has 0 aliphatic carbocycles. The fourth-order valence-electron chi connectivity index (χ4n) is 4.61. The van der Waals surface area contributed by atoms with Crippen LogP contribution in [0.1, 0.15) is 51.4 Å². The van der Waals surface area contributed by atoms with E-state index in [2.05, 4.69) is 15.1 Å². The summed E-state index contributed by atoms with van der Waals surface area (Å²) in [6.45, 7) is 5.64. The number of aromatic nitrogens is 3. The molecule has 1 aromatic rings. The van der Waals surface area contributed by atoms with Crippen molar-refractivity contribution in [2.45, 2.75) is 51.4 Å². The molecule has 3 rings (SSSR count). The molecule has 0 amide bonds. The van der Waals surface area contributed by atoms with Gasteiger partial charge in [-0.1, -0.05) is 12.8 Å². The lowest BCUT2D eigenvalue weighted by Crippen LogP contribution is -2.34. The molecule has 30 heavy (non-hydrogen) atoms. The molecule has 0 bridgehead atoms. The number of hydrogen-bond acceptors (Lipinski definition) is 8. The first-order chi connectivity index (χ1) is 14.7. The molecule has 2 atom stereocenters. The lowest BCUT2D eigenvalue weighted by molar-refractivity contribution is 0.176. The zero-order valence-electron chi connectivity index (χ0n) is 19.1. The third-order valence-corrected chi connectivity index (χ3v) is 6.40. The minimum atomic E-state index is 0.627. The zero-order chi connectivity index (χ0) is 21.2. The van der Waals surface area contributed by atoms with Crippen LogP contribution in [-0.4, -0.2) is 75.6 Å². The van der Waals surface area contributed by atoms with Gasteiger partial charge >= 0.3 is 0 Å². The second-order valence-corrected chi connectivity index (χ2v) is 8.69. The molecule has 2 saturated heterocycles. The maximum atomic E-state index is 5.33. The minimum Gasteiger partial charge on any atom is -0.385 e. The van der Waals surface area contributed by atoms with Crippen LogP contribution in [0.25, 0.3) is 0 Å². The average Bonchev–Trinajstić information content (AvgIpc) is 3.16. The van der Waals surface area contributed by atoms with E-state index >= 15 is 0 Å². The van der Waals surface area contributed by atoms with Crippen molar-refractivity contribution >= 4 is 17.8 Å². The van der Waals surface area contributed by atoms with Crippen LogP contribution < -0.4 is 15.1 Å². The molecular weight excluding hydrogens is 380 g/mol. The number of hydrogen-bond donors (Lipinski definition) is 1. The molecule has 8 heteroatoms. The van der Waals surface area contributed by atoms with Gasteiger partial charge in [0.05, 0.1) is 0 Å². The standard InChI is InChI=1S/C22H40N6O2/c1-23-20-24-21(27-12-6-4-8-18(16-27)10-14-29-2)26-22(25-20)28-13-7-5-9-19(17-28)11-15-30-3/h18-19H,4-17H2,1-3H3,(H,23,24,25,26). The summed E-state index contributed by atoms with van der Waals surface area (Å²) in [5, 5.41) is 3.15. The smallest absolute Gasteiger partial charge is 0.231 e. The van der Waals surface area contributed by atoms with Crippen molar-refractivity contribution in [2.75, 3.05) is 75.8 Å². The minimum absolute atomic E-state index is 0.627. The summed E-state index contributed by atoms with van der Waals surface area (Å²) in [6.07, 6.45) is 9.58. The number of rotatable bonds is 9. The lowest BCUT2D eigenvalue weighted by Gasteiger charge is -2.28. The Balaban J connectivity index is 1.78. The Bertz CT molecular complexity index is 583. The van der Waals surface area contributed by atoms with Gasteiger partial charge in [-0.05, 0) is 50.4 Å². The van der Waals surface area contributed by atoms with Crippen molar-refractivity contribution in [1.29, 1.82) is 0 Å². The second kappa shape index (κ2) is 12.2. The van der Waals surface area contributed by atoms with Gasteiger partial charge in [0.1, 0.15) is 0 Å². The van der Waals surface area contributed by atoms with Gasteiger partial charge in [0.25, 0.3) is 0 Å². The number of nitrogens with one attached hydrogen (secondary N) is 1. The van der Waals surface area contributed by atoms with E-state index in [4.69, 9.17) is 24.4 Å². The first kappa shape index (κ1) is 23.0. The highest BCUT2D eigenvalue weighted by molar-refractivity contribution is 5.45. The Labute approximate surface area is 181 Å². The molecule has 0 radical (unpaired) electrons. The summed E-state index contributed by atoms with van der Waals surface area (Å²) in [5.41, 5.74) is 0. The van der Waals surface area contributed by atoms with Crippen LogP contribution in [0.4, 0.5) is 17.8 Å². The predicted octanol–water partition coefficient (Wildman–Crippen LogP) is 3.20. The quantitative estimate of drug-likeness (QED) is 0.653. The molecule has 0 aromatic carbocycles. The number of nitrogens with zero attached hydrogens (tertiary/aromatic N) is 5. The zero-order valence-corrected chi connectivity index (χ0v) is 19.1. The Hall–Kier alpha value is -1.67. The third-order valence-electron chi connectivity index (χ3n) is 6.40. The number of ether oxygens (including phenoxy) is 2. The molecule has 8 nitrogen and oxygen atoms in total. The molecule has 2 fully saturated rings. The Morgan fingerprint density at radius 2 is 1.30 bits per heavy atom. The van der Waals surface area contributed by atoms with Crippen LogP contribution in [0.15, 0.2) is 0 Å². The SMILES string of the molecule is CNc1nc(N2CCCCC(CCOC)C2)nc(N2CCCCC(CCOC)C2)n1. The van der Waals surface area contributed by atoms with Crippen LogP contribution in [0.2, 0.25) is 0 Å². The molecule has 3 heterocycles. The number of methoxy groups -OCH3 is 2. The van der Waals surface area contributed by atoms with E-state index in [1.54, 1.807) is 14.2 Å². The summed E-state index contributed by atoms with van der Waals surface area (Å²) in [7, 11) is 5.45. The van der Waals surface area contributed by atoms with E-state index < -0.39 is 0 Å². The van der Waals surface area contributed by atoms with Crippen LogP contribution in [0.5, 0.6) is 0 Å². The largest absolute Gasteiger partial charge is 0.385 e. The fraction of sp³-hybridized carbons (Fsp3) is 0.864. The van der Waals surface area contributed by atoms with Crippen molar-refractivity contribution in [3.63, 3.8) is 0 Å². The molecule has 1 N–H and O–H groups in total. The van der Waals surface area contributed by atoms with Crippen LogP contribution in [0.3, 0.4) is 0 Å². The van der Waals surface area contributed by atoms with Gasteiger partial charge in [-0.2, -0.15) is 15.0 Å². The normalized spacial score (nSPS) is 23.2. The van der Waals surface area contributed by atoms with Gasteiger partial charge in [0, 0.05) is 60.7 Å². The first-order valence-electron chi connectivity index (χ1n) is 11.6.